The molecule has 0 atom stereocenters. The summed E-state index contributed by atoms with van der Waals surface area (Å²) >= 11 is 0. The quantitative estimate of drug-likeness (QED) is 0.687. The van der Waals surface area contributed by atoms with Crippen LogP contribution in [0.25, 0.3) is 17.0 Å². The molecule has 0 aliphatic heterocycles. The molecule has 5 heteroatoms. The van der Waals surface area contributed by atoms with Gasteiger partial charge in [0.1, 0.15) is 11.5 Å². The van der Waals surface area contributed by atoms with Crippen molar-refractivity contribution < 1.29 is 13.9 Å². The third-order valence-corrected chi connectivity index (χ3v) is 3.61. The molecule has 3 rings (SSSR count). The fraction of sp³-hybridized carbons (Fsp3) is 0.167. The lowest BCUT2D eigenvalue weighted by Gasteiger charge is -2.02. The number of aromatic amines is 1. The number of carbonyl (C=O) groups excluding carboxylic acids is 1. The lowest BCUT2D eigenvalue weighted by atomic mass is 10.1. The van der Waals surface area contributed by atoms with E-state index >= 15 is 0 Å². The molecule has 0 unspecified atom stereocenters. The van der Waals surface area contributed by atoms with Crippen LogP contribution in [0.4, 0.5) is 0 Å². The summed E-state index contributed by atoms with van der Waals surface area (Å²) in [4.78, 5) is 15.0. The van der Waals surface area contributed by atoms with Crippen molar-refractivity contribution in [1.29, 1.82) is 0 Å². The predicted octanol–water partition coefficient (Wildman–Crippen LogP) is 3.14. The van der Waals surface area contributed by atoms with Crippen LogP contribution in [-0.2, 0) is 11.2 Å². The van der Waals surface area contributed by atoms with Crippen LogP contribution >= 0.6 is 0 Å². The number of H-pyrrole nitrogens is 1. The van der Waals surface area contributed by atoms with Crippen LogP contribution in [0.15, 0.2) is 53.3 Å². The highest BCUT2D eigenvalue weighted by atomic mass is 16.5. The molecule has 2 aromatic heterocycles. The van der Waals surface area contributed by atoms with Gasteiger partial charge in [-0.25, -0.2) is 0 Å². The van der Waals surface area contributed by atoms with Crippen molar-refractivity contribution >= 4 is 22.9 Å². The van der Waals surface area contributed by atoms with Gasteiger partial charge < -0.3 is 19.5 Å². The summed E-state index contributed by atoms with van der Waals surface area (Å²) in [5.74, 6) is 1.34. The minimum absolute atomic E-state index is 0.136. The standard InChI is InChI=1S/C18H18N2O3/c1-22-15-4-6-16-13(12-20-17(16)11-15)8-9-19-18(21)7-5-14-3-2-10-23-14/h2-7,10-12,20H,8-9H2,1H3,(H,19,21). The number of fused-ring (bicyclic) bond motifs is 1. The maximum Gasteiger partial charge on any atom is 0.244 e. The lowest BCUT2D eigenvalue weighted by Crippen LogP contribution is -2.23. The van der Waals surface area contributed by atoms with Crippen LogP contribution in [0.2, 0.25) is 0 Å². The Kier molecular flexibility index (Phi) is 4.47. The molecule has 118 valence electrons. The van der Waals surface area contributed by atoms with Crippen molar-refractivity contribution in [2.45, 2.75) is 6.42 Å². The van der Waals surface area contributed by atoms with E-state index in [2.05, 4.69) is 10.3 Å². The Bertz CT molecular complexity index is 816. The van der Waals surface area contributed by atoms with E-state index in [0.717, 1.165) is 28.6 Å². The van der Waals surface area contributed by atoms with E-state index in [4.69, 9.17) is 9.15 Å². The Balaban J connectivity index is 1.55. The number of nitrogens with one attached hydrogen (secondary N) is 2. The van der Waals surface area contributed by atoms with Gasteiger partial charge in [-0.1, -0.05) is 0 Å². The van der Waals surface area contributed by atoms with Crippen molar-refractivity contribution in [2.75, 3.05) is 13.7 Å². The Morgan fingerprint density at radius 3 is 3.09 bits per heavy atom. The Morgan fingerprint density at radius 1 is 1.39 bits per heavy atom. The Labute approximate surface area is 133 Å². The highest BCUT2D eigenvalue weighted by Crippen LogP contribution is 2.23. The molecule has 1 aromatic carbocycles. The summed E-state index contributed by atoms with van der Waals surface area (Å²) in [6.45, 7) is 0.570. The molecular formula is C18H18N2O3. The molecule has 2 heterocycles. The number of carbonyl (C=O) groups is 1. The van der Waals surface area contributed by atoms with E-state index in [1.165, 1.54) is 6.08 Å². The molecule has 0 bridgehead atoms. The summed E-state index contributed by atoms with van der Waals surface area (Å²) in [7, 11) is 1.65. The van der Waals surface area contributed by atoms with Gasteiger partial charge in [0.2, 0.25) is 5.91 Å². The average Bonchev–Trinajstić information content (AvgIpc) is 3.22. The number of amides is 1. The van der Waals surface area contributed by atoms with Crippen LogP contribution in [-0.4, -0.2) is 24.5 Å². The van der Waals surface area contributed by atoms with Gasteiger partial charge in [-0.05, 0) is 42.3 Å². The maximum atomic E-state index is 11.7. The number of methoxy groups -OCH3 is 1. The highest BCUT2D eigenvalue weighted by molar-refractivity contribution is 5.91. The molecule has 0 radical (unpaired) electrons. The number of benzene rings is 1. The number of hydrogen-bond donors (Lipinski definition) is 2. The largest absolute Gasteiger partial charge is 0.497 e. The van der Waals surface area contributed by atoms with Crippen molar-refractivity contribution in [3.8, 4) is 5.75 Å². The van der Waals surface area contributed by atoms with Crippen molar-refractivity contribution in [1.82, 2.24) is 10.3 Å². The third kappa shape index (κ3) is 3.63. The Hall–Kier alpha value is -2.95. The SMILES string of the molecule is COc1ccc2c(CCNC(=O)C=Cc3ccco3)c[nH]c2c1. The van der Waals surface area contributed by atoms with Crippen LogP contribution in [0.3, 0.4) is 0 Å². The summed E-state index contributed by atoms with van der Waals surface area (Å²) in [6, 6.07) is 9.50. The summed E-state index contributed by atoms with van der Waals surface area (Å²) < 4.78 is 10.3. The molecular weight excluding hydrogens is 292 g/mol. The van der Waals surface area contributed by atoms with Crippen LogP contribution in [0.5, 0.6) is 5.75 Å². The molecule has 0 aliphatic carbocycles. The summed E-state index contributed by atoms with van der Waals surface area (Å²) in [6.07, 6.45) is 7.41. The van der Waals surface area contributed by atoms with E-state index < -0.39 is 0 Å². The van der Waals surface area contributed by atoms with Crippen LogP contribution in [0, 0.1) is 0 Å². The normalized spacial score (nSPS) is 11.2. The zero-order valence-electron chi connectivity index (χ0n) is 12.8. The van der Waals surface area contributed by atoms with Gasteiger partial charge >= 0.3 is 0 Å². The van der Waals surface area contributed by atoms with Crippen molar-refractivity contribution in [3.63, 3.8) is 0 Å². The number of hydrogen-bond acceptors (Lipinski definition) is 3. The molecule has 0 fully saturated rings. The molecule has 1 amide bonds. The fourth-order valence-corrected chi connectivity index (χ4v) is 2.42. The van der Waals surface area contributed by atoms with E-state index in [0.29, 0.717) is 12.3 Å². The summed E-state index contributed by atoms with van der Waals surface area (Å²) in [5.41, 5.74) is 2.20. The second kappa shape index (κ2) is 6.87. The number of ether oxygens (including phenoxy) is 1. The predicted molar refractivity (Wildman–Crippen MR) is 89.3 cm³/mol. The number of furan rings is 1. The van der Waals surface area contributed by atoms with Crippen molar-refractivity contribution in [3.05, 3.63) is 60.2 Å². The van der Waals surface area contributed by atoms with E-state index in [1.807, 2.05) is 24.4 Å². The lowest BCUT2D eigenvalue weighted by molar-refractivity contribution is -0.116. The van der Waals surface area contributed by atoms with E-state index in [9.17, 15) is 4.79 Å². The molecule has 0 aliphatic rings. The average molecular weight is 310 g/mol. The fourth-order valence-electron chi connectivity index (χ4n) is 2.42. The maximum absolute atomic E-state index is 11.7. The first-order valence-electron chi connectivity index (χ1n) is 7.39. The van der Waals surface area contributed by atoms with Crippen LogP contribution < -0.4 is 10.1 Å². The second-order valence-electron chi connectivity index (χ2n) is 5.12. The van der Waals surface area contributed by atoms with Gasteiger partial charge in [-0.3, -0.25) is 4.79 Å². The van der Waals surface area contributed by atoms with Crippen LogP contribution in [0.1, 0.15) is 11.3 Å². The smallest absolute Gasteiger partial charge is 0.244 e. The van der Waals surface area contributed by atoms with E-state index in [-0.39, 0.29) is 5.91 Å². The first-order valence-corrected chi connectivity index (χ1v) is 7.39. The minimum atomic E-state index is -0.136. The first kappa shape index (κ1) is 15.0. The van der Waals surface area contributed by atoms with E-state index in [1.54, 1.807) is 31.6 Å². The number of rotatable bonds is 6. The third-order valence-electron chi connectivity index (χ3n) is 3.61. The zero-order valence-corrected chi connectivity index (χ0v) is 12.8. The van der Waals surface area contributed by atoms with Gasteiger partial charge in [0, 0.05) is 35.8 Å². The van der Waals surface area contributed by atoms with Crippen molar-refractivity contribution in [2.24, 2.45) is 0 Å². The molecule has 3 aromatic rings. The molecule has 5 nitrogen and oxygen atoms in total. The molecule has 0 saturated carbocycles. The summed E-state index contributed by atoms with van der Waals surface area (Å²) in [5, 5.41) is 4.01. The first-order chi connectivity index (χ1) is 11.3. The van der Waals surface area contributed by atoms with Gasteiger partial charge in [-0.15, -0.1) is 0 Å². The minimum Gasteiger partial charge on any atom is -0.497 e. The Morgan fingerprint density at radius 2 is 2.30 bits per heavy atom. The van der Waals surface area contributed by atoms with Gasteiger partial charge in [-0.2, -0.15) is 0 Å². The van der Waals surface area contributed by atoms with Gasteiger partial charge in [0.05, 0.1) is 13.4 Å². The number of aromatic nitrogens is 1. The molecule has 0 saturated heterocycles. The molecule has 23 heavy (non-hydrogen) atoms. The van der Waals surface area contributed by atoms with Gasteiger partial charge in [0.15, 0.2) is 0 Å². The second-order valence-corrected chi connectivity index (χ2v) is 5.12. The topological polar surface area (TPSA) is 67.3 Å². The zero-order chi connectivity index (χ0) is 16.1. The van der Waals surface area contributed by atoms with Gasteiger partial charge in [0.25, 0.3) is 0 Å². The molecule has 2 N–H and O–H groups in total. The molecule has 0 spiro atoms. The highest BCUT2D eigenvalue weighted by Gasteiger charge is 2.05. The monoisotopic (exact) mass is 310 g/mol.